The number of unbranched alkanes of at least 4 members (excludes halogenated alkanes) is 3. The number of hydrogen-bond acceptors (Lipinski definition) is 0. The van der Waals surface area contributed by atoms with Crippen LogP contribution in [0, 0.1) is 0 Å². The fourth-order valence-electron chi connectivity index (χ4n) is 0.500. The Kier molecular flexibility index (Phi) is 19.3. The van der Waals surface area contributed by atoms with Crippen LogP contribution < -0.4 is 0 Å². The Bertz CT molecular complexity index is 72.0. The lowest BCUT2D eigenvalue weighted by molar-refractivity contribution is 0.702. The van der Waals surface area contributed by atoms with Crippen LogP contribution in [0.5, 0.6) is 0 Å². The Morgan fingerprint density at radius 3 is 1.60 bits per heavy atom. The fraction of sp³-hybridized carbons (Fsp3) is 0.700. The molecule has 0 saturated heterocycles. The summed E-state index contributed by atoms with van der Waals surface area (Å²) in [4.78, 5) is 0. The van der Waals surface area contributed by atoms with Gasteiger partial charge in [-0.25, -0.2) is 0 Å². The van der Waals surface area contributed by atoms with E-state index in [0.29, 0.717) is 0 Å². The molecule has 0 fully saturated rings. The first-order valence-corrected chi connectivity index (χ1v) is 4.13. The van der Waals surface area contributed by atoms with Crippen LogP contribution in [-0.2, 0) is 0 Å². The summed E-state index contributed by atoms with van der Waals surface area (Å²) in [7, 11) is 0. The van der Waals surface area contributed by atoms with E-state index in [1.54, 1.807) is 6.08 Å². The highest BCUT2D eigenvalue weighted by Gasteiger charge is 1.75. The van der Waals surface area contributed by atoms with E-state index in [-0.39, 0.29) is 0 Å². The van der Waals surface area contributed by atoms with Crippen molar-refractivity contribution in [2.24, 2.45) is 0 Å². The highest BCUT2D eigenvalue weighted by Crippen LogP contribution is 1.95. The van der Waals surface area contributed by atoms with Crippen molar-refractivity contribution >= 4 is 0 Å². The van der Waals surface area contributed by atoms with Crippen molar-refractivity contribution in [3.63, 3.8) is 0 Å². The van der Waals surface area contributed by atoms with E-state index >= 15 is 0 Å². The minimum atomic E-state index is 1.36. The quantitative estimate of drug-likeness (QED) is 0.411. The minimum absolute atomic E-state index is 1.36. The van der Waals surface area contributed by atoms with Crippen LogP contribution in [0.15, 0.2) is 18.4 Å². The predicted molar refractivity (Wildman–Crippen MR) is 49.2 cm³/mol. The average Bonchev–Trinajstić information content (AvgIpc) is 2.01. The summed E-state index contributed by atoms with van der Waals surface area (Å²) in [5.41, 5.74) is 2.56. The summed E-state index contributed by atoms with van der Waals surface area (Å²) in [6.07, 6.45) is 7.30. The predicted octanol–water partition coefficient (Wildman–Crippen LogP) is 3.93. The van der Waals surface area contributed by atoms with Gasteiger partial charge in [0.15, 0.2) is 0 Å². The summed E-state index contributed by atoms with van der Waals surface area (Å²) < 4.78 is 0. The zero-order valence-electron chi connectivity index (χ0n) is 7.61. The maximum Gasteiger partial charge on any atom is -0.0393 e. The lowest BCUT2D eigenvalue weighted by Crippen LogP contribution is -1.66. The smallest absolute Gasteiger partial charge is 0.0393 e. The van der Waals surface area contributed by atoms with Crippen LogP contribution in [-0.4, -0.2) is 0 Å². The largest absolute Gasteiger partial charge is 0.133 e. The van der Waals surface area contributed by atoms with Gasteiger partial charge < -0.3 is 0 Å². The van der Waals surface area contributed by atoms with Crippen molar-refractivity contribution in [2.45, 2.75) is 46.5 Å². The highest BCUT2D eigenvalue weighted by atomic mass is 13.8. The van der Waals surface area contributed by atoms with Gasteiger partial charge in [0.25, 0.3) is 0 Å². The third-order valence-electron chi connectivity index (χ3n) is 1.16. The Morgan fingerprint density at radius 1 is 1.20 bits per heavy atom. The molecule has 0 spiro atoms. The van der Waals surface area contributed by atoms with Crippen LogP contribution in [0.2, 0.25) is 0 Å². The zero-order valence-corrected chi connectivity index (χ0v) is 7.61. The second-order valence-electron chi connectivity index (χ2n) is 2.20. The van der Waals surface area contributed by atoms with E-state index in [1.807, 2.05) is 6.92 Å². The van der Waals surface area contributed by atoms with Crippen molar-refractivity contribution in [1.82, 2.24) is 0 Å². The van der Waals surface area contributed by atoms with Gasteiger partial charge in [-0.1, -0.05) is 46.1 Å². The van der Waals surface area contributed by atoms with Gasteiger partial charge >= 0.3 is 0 Å². The van der Waals surface area contributed by atoms with Gasteiger partial charge in [-0.2, -0.15) is 0 Å². The second-order valence-corrected chi connectivity index (χ2v) is 2.20. The maximum atomic E-state index is 3.30. The summed E-state index contributed by atoms with van der Waals surface area (Å²) >= 11 is 0. The molecule has 60 valence electrons. The molecule has 0 bridgehead atoms. The van der Waals surface area contributed by atoms with Gasteiger partial charge in [-0.15, -0.1) is 5.73 Å². The molecule has 0 saturated carbocycles. The molecule has 0 heterocycles. The molecule has 0 unspecified atom stereocenters. The van der Waals surface area contributed by atoms with Crippen LogP contribution >= 0.6 is 0 Å². The summed E-state index contributed by atoms with van der Waals surface area (Å²) in [5.74, 6) is 0. The first-order valence-electron chi connectivity index (χ1n) is 4.13. The van der Waals surface area contributed by atoms with Crippen LogP contribution in [0.3, 0.4) is 0 Å². The molecule has 0 nitrogen and oxygen atoms in total. The number of rotatable bonds is 3. The average molecular weight is 140 g/mol. The van der Waals surface area contributed by atoms with E-state index in [2.05, 4.69) is 26.2 Å². The van der Waals surface area contributed by atoms with Gasteiger partial charge in [0, 0.05) is 0 Å². The third kappa shape index (κ3) is 25.8. The van der Waals surface area contributed by atoms with Crippen molar-refractivity contribution in [1.29, 1.82) is 0 Å². The monoisotopic (exact) mass is 140 g/mol. The number of allylic oxidation sites excluding steroid dienone is 1. The molecule has 0 aliphatic carbocycles. The molecule has 10 heavy (non-hydrogen) atoms. The molecule has 0 aromatic carbocycles. The first kappa shape index (κ1) is 12.2. The maximum absolute atomic E-state index is 3.30. The highest BCUT2D eigenvalue weighted by molar-refractivity contribution is 4.67. The molecule has 0 atom stereocenters. The Hall–Kier alpha value is -0.480. The molecule has 0 rings (SSSR count). The minimum Gasteiger partial charge on any atom is -0.133 e. The van der Waals surface area contributed by atoms with Gasteiger partial charge in [-0.05, 0) is 13.0 Å². The molecule has 0 N–H and O–H groups in total. The molecule has 0 radical (unpaired) electrons. The lowest BCUT2D eigenvalue weighted by Gasteiger charge is -1.86. The fourth-order valence-corrected chi connectivity index (χ4v) is 0.500. The van der Waals surface area contributed by atoms with Gasteiger partial charge in [0.05, 0.1) is 0 Å². The Morgan fingerprint density at radius 2 is 1.50 bits per heavy atom. The Labute approximate surface area is 65.7 Å². The molecule has 0 aliphatic heterocycles. The van der Waals surface area contributed by atoms with Crippen LogP contribution in [0.4, 0.5) is 0 Å². The third-order valence-corrected chi connectivity index (χ3v) is 1.16. The molecule has 0 aromatic rings. The molecular weight excluding hydrogens is 120 g/mol. The second kappa shape index (κ2) is 15.8. The van der Waals surface area contributed by atoms with E-state index in [4.69, 9.17) is 0 Å². The lowest BCUT2D eigenvalue weighted by atomic mass is 10.2. The van der Waals surface area contributed by atoms with Crippen molar-refractivity contribution < 1.29 is 0 Å². The zero-order chi connectivity index (χ0) is 8.24. The van der Waals surface area contributed by atoms with Gasteiger partial charge in [0.2, 0.25) is 0 Å². The molecular formula is C10H20. The standard InChI is InChI=1S/C6H14.C4H6/c1-3-5-6-4-2;1-3-4-2/h3-6H2,1-2H3;4H,1H2,2H3. The van der Waals surface area contributed by atoms with Gasteiger partial charge in [-0.3, -0.25) is 0 Å². The SMILES string of the molecule is C=C=CC.CCCCCC. The van der Waals surface area contributed by atoms with E-state index in [1.165, 1.54) is 25.7 Å². The van der Waals surface area contributed by atoms with Crippen molar-refractivity contribution in [3.8, 4) is 0 Å². The summed E-state index contributed by atoms with van der Waals surface area (Å²) in [5, 5.41) is 0. The molecule has 0 heteroatoms. The topological polar surface area (TPSA) is 0 Å². The Balaban J connectivity index is 0. The van der Waals surface area contributed by atoms with Gasteiger partial charge in [0.1, 0.15) is 0 Å². The van der Waals surface area contributed by atoms with E-state index in [9.17, 15) is 0 Å². The van der Waals surface area contributed by atoms with Crippen LogP contribution in [0.25, 0.3) is 0 Å². The molecule has 0 aliphatic rings. The van der Waals surface area contributed by atoms with E-state index < -0.39 is 0 Å². The van der Waals surface area contributed by atoms with Crippen molar-refractivity contribution in [2.75, 3.05) is 0 Å². The van der Waals surface area contributed by atoms with E-state index in [0.717, 1.165) is 0 Å². The summed E-state index contributed by atoms with van der Waals surface area (Å²) in [6, 6.07) is 0. The normalized spacial score (nSPS) is 7.10. The number of hydrogen-bond donors (Lipinski definition) is 0. The van der Waals surface area contributed by atoms with Crippen LogP contribution in [0.1, 0.15) is 46.5 Å². The first-order chi connectivity index (χ1) is 4.83. The van der Waals surface area contributed by atoms with Crippen molar-refractivity contribution in [3.05, 3.63) is 18.4 Å². The molecule has 0 amide bonds. The molecule has 0 aromatic heterocycles. The summed E-state index contributed by atoms with van der Waals surface area (Å²) in [6.45, 7) is 9.64.